The molecule has 4 fully saturated rings. The Morgan fingerprint density at radius 3 is 2.18 bits per heavy atom. The molecule has 2 unspecified atom stereocenters. The molecule has 4 rings (SSSR count). The van der Waals surface area contributed by atoms with Gasteiger partial charge in [0.05, 0.1) is 6.04 Å². The van der Waals surface area contributed by atoms with Crippen molar-refractivity contribution in [3.05, 3.63) is 0 Å². The van der Waals surface area contributed by atoms with Gasteiger partial charge in [0.25, 0.3) is 0 Å². The number of hydrogen-bond acceptors (Lipinski definition) is 6. The molecule has 0 radical (unpaired) electrons. The van der Waals surface area contributed by atoms with Gasteiger partial charge in [0.2, 0.25) is 11.7 Å². The summed E-state index contributed by atoms with van der Waals surface area (Å²) in [7, 11) is 0. The average molecular weight is 499 g/mol. The second-order valence-electron chi connectivity index (χ2n) is 10.3. The minimum absolute atomic E-state index is 0. The van der Waals surface area contributed by atoms with Crippen molar-refractivity contribution in [2.75, 3.05) is 5.75 Å². The Labute approximate surface area is 207 Å². The second kappa shape index (κ2) is 12.0. The normalized spacial score (nSPS) is 27.8. The molecule has 1 spiro atoms. The van der Waals surface area contributed by atoms with E-state index in [4.69, 9.17) is 5.73 Å². The van der Waals surface area contributed by atoms with E-state index < -0.39 is 17.7 Å². The summed E-state index contributed by atoms with van der Waals surface area (Å²) in [5.41, 5.74) is 9.04. The number of hydrazone groups is 1. The van der Waals surface area contributed by atoms with Crippen LogP contribution in [0.15, 0.2) is 5.10 Å². The van der Waals surface area contributed by atoms with E-state index in [2.05, 4.69) is 15.8 Å². The minimum Gasteiger partial charge on any atom is -0.345 e. The maximum absolute atomic E-state index is 13.2. The van der Waals surface area contributed by atoms with E-state index in [1.165, 1.54) is 19.3 Å². The Bertz CT molecular complexity index is 744. The van der Waals surface area contributed by atoms with Gasteiger partial charge in [0, 0.05) is 17.1 Å². The van der Waals surface area contributed by atoms with Crippen molar-refractivity contribution in [3.63, 3.8) is 0 Å². The van der Waals surface area contributed by atoms with Crippen molar-refractivity contribution in [3.8, 4) is 0 Å². The molecule has 0 aromatic rings. The first-order chi connectivity index (χ1) is 15.5. The lowest BCUT2D eigenvalue weighted by Crippen LogP contribution is -2.52. The minimum atomic E-state index is -0.754. The zero-order valence-electron chi connectivity index (χ0n) is 19.5. The fourth-order valence-electron chi connectivity index (χ4n) is 6.10. The summed E-state index contributed by atoms with van der Waals surface area (Å²) in [4.78, 5) is 38.8. The van der Waals surface area contributed by atoms with Crippen LogP contribution >= 0.6 is 24.2 Å². The van der Waals surface area contributed by atoms with Crippen molar-refractivity contribution in [2.24, 2.45) is 28.1 Å². The first-order valence-corrected chi connectivity index (χ1v) is 13.6. The largest absolute Gasteiger partial charge is 0.345 e. The zero-order chi connectivity index (χ0) is 22.6. The van der Waals surface area contributed by atoms with Gasteiger partial charge in [-0.25, -0.2) is 5.43 Å². The van der Waals surface area contributed by atoms with Gasteiger partial charge < -0.3 is 11.1 Å². The number of halogens is 1. The van der Waals surface area contributed by atoms with E-state index in [-0.39, 0.29) is 41.6 Å². The standard InChI is InChI=1S/C24H38N4O3S.ClH/c25-20-23(32-15-24(20)13-7-8-14-24)28-27-22(31)19(29)18(16-9-3-1-4-10-16)26-21(30)17-11-5-2-6-12-17;/h16-18,20H,1-15,25H2,(H,26,30)(H,27,31);1H. The van der Waals surface area contributed by atoms with E-state index in [0.717, 1.165) is 76.4 Å². The Morgan fingerprint density at radius 2 is 1.55 bits per heavy atom. The zero-order valence-corrected chi connectivity index (χ0v) is 21.1. The Balaban J connectivity index is 0.00000306. The second-order valence-corrected chi connectivity index (χ2v) is 11.3. The SMILES string of the molecule is Cl.NC1C(=NNC(=O)C(=O)C(NC(=O)C2CCCCC2)C2CCCCC2)SCC12CCCC2. The lowest BCUT2D eigenvalue weighted by atomic mass is 9.81. The molecule has 4 N–H and O–H groups in total. The van der Waals surface area contributed by atoms with Crippen molar-refractivity contribution < 1.29 is 14.4 Å². The van der Waals surface area contributed by atoms with Gasteiger partial charge in [-0.3, -0.25) is 14.4 Å². The molecule has 0 aromatic heterocycles. The van der Waals surface area contributed by atoms with Crippen molar-refractivity contribution in [1.29, 1.82) is 0 Å². The third kappa shape index (κ3) is 6.12. The van der Waals surface area contributed by atoms with Crippen LogP contribution in [0.2, 0.25) is 0 Å². The third-order valence-corrected chi connectivity index (χ3v) is 9.56. The van der Waals surface area contributed by atoms with Crippen LogP contribution in [0.4, 0.5) is 0 Å². The van der Waals surface area contributed by atoms with Crippen LogP contribution in [0, 0.1) is 17.3 Å². The Kier molecular flexibility index (Phi) is 9.65. The maximum Gasteiger partial charge on any atom is 0.309 e. The smallest absolute Gasteiger partial charge is 0.309 e. The number of Topliss-reactive ketones (excluding diaryl/α,β-unsaturated/α-hetero) is 1. The lowest BCUT2D eigenvalue weighted by molar-refractivity contribution is -0.141. The molecule has 7 nitrogen and oxygen atoms in total. The molecule has 3 aliphatic carbocycles. The van der Waals surface area contributed by atoms with Crippen molar-refractivity contribution in [2.45, 2.75) is 102 Å². The summed E-state index contributed by atoms with van der Waals surface area (Å²) >= 11 is 1.60. The molecule has 1 aliphatic heterocycles. The van der Waals surface area contributed by atoms with Crippen LogP contribution in [0.1, 0.15) is 89.9 Å². The van der Waals surface area contributed by atoms with Crippen LogP contribution in [0.5, 0.6) is 0 Å². The summed E-state index contributed by atoms with van der Waals surface area (Å²) < 4.78 is 0. The third-order valence-electron chi connectivity index (χ3n) is 8.20. The molecule has 0 aromatic carbocycles. The van der Waals surface area contributed by atoms with Gasteiger partial charge in [-0.05, 0) is 44.4 Å². The highest BCUT2D eigenvalue weighted by Gasteiger charge is 2.47. The van der Waals surface area contributed by atoms with Crippen molar-refractivity contribution in [1.82, 2.24) is 10.7 Å². The van der Waals surface area contributed by atoms with Gasteiger partial charge in [0.15, 0.2) is 0 Å². The summed E-state index contributed by atoms with van der Waals surface area (Å²) in [6.07, 6.45) is 14.5. The van der Waals surface area contributed by atoms with E-state index in [1.807, 2.05) is 0 Å². The van der Waals surface area contributed by atoms with Gasteiger partial charge in [0.1, 0.15) is 11.1 Å². The highest BCUT2D eigenvalue weighted by Crippen LogP contribution is 2.48. The van der Waals surface area contributed by atoms with E-state index in [9.17, 15) is 14.4 Å². The Morgan fingerprint density at radius 1 is 0.939 bits per heavy atom. The van der Waals surface area contributed by atoms with Gasteiger partial charge in [-0.1, -0.05) is 51.4 Å². The van der Waals surface area contributed by atoms with E-state index in [1.54, 1.807) is 11.8 Å². The van der Waals surface area contributed by atoms with E-state index >= 15 is 0 Å². The molecule has 2 atom stereocenters. The van der Waals surface area contributed by atoms with Crippen LogP contribution in [-0.4, -0.2) is 40.5 Å². The Hall–Kier alpha value is -1.12. The van der Waals surface area contributed by atoms with Crippen molar-refractivity contribution >= 4 is 46.8 Å². The fourth-order valence-corrected chi connectivity index (χ4v) is 7.54. The summed E-state index contributed by atoms with van der Waals surface area (Å²) in [5, 5.41) is 7.96. The number of carbonyl (C=O) groups is 3. The number of thioether (sulfide) groups is 1. The number of rotatable bonds is 6. The number of hydrogen-bond donors (Lipinski definition) is 3. The fraction of sp³-hybridized carbons (Fsp3) is 0.833. The highest BCUT2D eigenvalue weighted by molar-refractivity contribution is 8.14. The number of nitrogens with zero attached hydrogens (tertiary/aromatic N) is 1. The predicted molar refractivity (Wildman–Crippen MR) is 134 cm³/mol. The van der Waals surface area contributed by atoms with Crippen LogP contribution in [-0.2, 0) is 14.4 Å². The molecule has 3 saturated carbocycles. The predicted octanol–water partition coefficient (Wildman–Crippen LogP) is 3.69. The van der Waals surface area contributed by atoms with E-state index in [0.29, 0.717) is 5.04 Å². The lowest BCUT2D eigenvalue weighted by Gasteiger charge is -2.31. The molecular formula is C24H39ClN4O3S. The molecule has 9 heteroatoms. The monoisotopic (exact) mass is 498 g/mol. The highest BCUT2D eigenvalue weighted by atomic mass is 35.5. The molecule has 4 aliphatic rings. The van der Waals surface area contributed by atoms with Gasteiger partial charge in [-0.15, -0.1) is 24.2 Å². The topological polar surface area (TPSA) is 114 Å². The maximum atomic E-state index is 13.2. The quantitative estimate of drug-likeness (QED) is 0.381. The number of nitrogens with one attached hydrogen (secondary N) is 2. The molecule has 1 saturated heterocycles. The van der Waals surface area contributed by atoms with Gasteiger partial charge in [-0.2, -0.15) is 5.10 Å². The number of amides is 2. The summed E-state index contributed by atoms with van der Waals surface area (Å²) in [6, 6.07) is -0.929. The van der Waals surface area contributed by atoms with Crippen LogP contribution in [0.3, 0.4) is 0 Å². The number of ketones is 1. The molecule has 186 valence electrons. The van der Waals surface area contributed by atoms with Crippen LogP contribution in [0.25, 0.3) is 0 Å². The van der Waals surface area contributed by atoms with Gasteiger partial charge >= 0.3 is 5.91 Å². The molecule has 0 bridgehead atoms. The molecule has 33 heavy (non-hydrogen) atoms. The molecule has 1 heterocycles. The molecule has 2 amide bonds. The first kappa shape index (κ1) is 26.5. The first-order valence-electron chi connectivity index (χ1n) is 12.6. The molecular weight excluding hydrogens is 460 g/mol. The summed E-state index contributed by atoms with van der Waals surface area (Å²) in [6.45, 7) is 0. The summed E-state index contributed by atoms with van der Waals surface area (Å²) in [5.74, 6) is -0.466. The number of carbonyl (C=O) groups excluding carboxylic acids is 3. The average Bonchev–Trinajstić information content (AvgIpc) is 3.44. The number of nitrogens with two attached hydrogens (primary N) is 1. The van der Waals surface area contributed by atoms with Crippen LogP contribution < -0.4 is 16.5 Å².